The van der Waals surface area contributed by atoms with E-state index < -0.39 is 15.0 Å². The SMILES string of the molecule is C=C(C)C(=O)O[Si](OC)(OC)OC. The van der Waals surface area contributed by atoms with Gasteiger partial charge >= 0.3 is 15.0 Å². The molecular formula is C7H14O5Si. The molecule has 13 heavy (non-hydrogen) atoms. The number of rotatable bonds is 5. The Morgan fingerprint density at radius 1 is 1.15 bits per heavy atom. The third-order valence-electron chi connectivity index (χ3n) is 1.32. The molecule has 0 N–H and O–H groups in total. The van der Waals surface area contributed by atoms with Gasteiger partial charge in [-0.15, -0.1) is 0 Å². The van der Waals surface area contributed by atoms with Gasteiger partial charge in [0.05, 0.1) is 0 Å². The van der Waals surface area contributed by atoms with E-state index in [2.05, 4.69) is 6.58 Å². The fourth-order valence-corrected chi connectivity index (χ4v) is 1.73. The van der Waals surface area contributed by atoms with Gasteiger partial charge in [0.2, 0.25) is 0 Å². The normalized spacial score (nSPS) is 11.1. The van der Waals surface area contributed by atoms with Crippen LogP contribution in [0, 0.1) is 0 Å². The first-order valence-electron chi connectivity index (χ1n) is 3.55. The van der Waals surface area contributed by atoms with E-state index in [-0.39, 0.29) is 5.57 Å². The van der Waals surface area contributed by atoms with Gasteiger partial charge in [-0.1, -0.05) is 6.58 Å². The van der Waals surface area contributed by atoms with Crippen LogP contribution in [0.1, 0.15) is 6.92 Å². The van der Waals surface area contributed by atoms with Crippen LogP contribution in [0.25, 0.3) is 0 Å². The predicted molar refractivity (Wildman–Crippen MR) is 47.7 cm³/mol. The number of carbonyl (C=O) groups excluding carboxylic acids is 1. The molecule has 6 heteroatoms. The van der Waals surface area contributed by atoms with E-state index in [0.717, 1.165) is 0 Å². The summed E-state index contributed by atoms with van der Waals surface area (Å²) in [7, 11) is 0.803. The Kier molecular flexibility index (Phi) is 4.85. The maximum absolute atomic E-state index is 11.1. The van der Waals surface area contributed by atoms with Gasteiger partial charge in [0.15, 0.2) is 0 Å². The maximum Gasteiger partial charge on any atom is 0.751 e. The van der Waals surface area contributed by atoms with Crippen molar-refractivity contribution in [2.24, 2.45) is 0 Å². The first-order valence-corrected chi connectivity index (χ1v) is 5.19. The lowest BCUT2D eigenvalue weighted by atomic mass is 10.4. The third-order valence-corrected chi connectivity index (χ3v) is 3.25. The molecule has 0 aromatic rings. The molecule has 76 valence electrons. The van der Waals surface area contributed by atoms with Crippen molar-refractivity contribution in [1.29, 1.82) is 0 Å². The zero-order valence-electron chi connectivity index (χ0n) is 8.25. The molecule has 0 aliphatic carbocycles. The van der Waals surface area contributed by atoms with Crippen molar-refractivity contribution in [3.63, 3.8) is 0 Å². The van der Waals surface area contributed by atoms with Crippen molar-refractivity contribution >= 4 is 15.0 Å². The van der Waals surface area contributed by atoms with E-state index in [4.69, 9.17) is 17.7 Å². The average Bonchev–Trinajstić information content (AvgIpc) is 2.14. The lowest BCUT2D eigenvalue weighted by Crippen LogP contribution is -2.48. The largest absolute Gasteiger partial charge is 0.751 e. The molecule has 0 fully saturated rings. The first-order chi connectivity index (χ1) is 6.01. The van der Waals surface area contributed by atoms with Crippen molar-refractivity contribution in [2.75, 3.05) is 21.3 Å². The molecule has 0 unspecified atom stereocenters. The van der Waals surface area contributed by atoms with Crippen LogP contribution in [0.4, 0.5) is 0 Å². The average molecular weight is 206 g/mol. The topological polar surface area (TPSA) is 54.0 Å². The van der Waals surface area contributed by atoms with Crippen LogP contribution in [0.15, 0.2) is 12.2 Å². The van der Waals surface area contributed by atoms with Gasteiger partial charge in [-0.25, -0.2) is 4.79 Å². The molecule has 0 heterocycles. The third kappa shape index (κ3) is 3.27. The minimum Gasteiger partial charge on any atom is -0.448 e. The second kappa shape index (κ2) is 5.13. The summed E-state index contributed by atoms with van der Waals surface area (Å²) >= 11 is 0. The Hall–Kier alpha value is -0.693. The number of carbonyl (C=O) groups is 1. The lowest BCUT2D eigenvalue weighted by molar-refractivity contribution is -0.138. The smallest absolute Gasteiger partial charge is 0.448 e. The Morgan fingerprint density at radius 3 is 1.77 bits per heavy atom. The summed E-state index contributed by atoms with van der Waals surface area (Å²) in [5.74, 6) is -0.586. The molecule has 0 amide bonds. The van der Waals surface area contributed by atoms with Crippen molar-refractivity contribution < 1.29 is 22.5 Å². The van der Waals surface area contributed by atoms with E-state index in [1.807, 2.05) is 0 Å². The second-order valence-corrected chi connectivity index (χ2v) is 4.71. The minimum absolute atomic E-state index is 0.267. The van der Waals surface area contributed by atoms with E-state index in [9.17, 15) is 4.79 Å². The molecule has 0 bridgehead atoms. The van der Waals surface area contributed by atoms with Gasteiger partial charge in [-0.2, -0.15) is 0 Å². The van der Waals surface area contributed by atoms with Gasteiger partial charge in [-0.05, 0) is 6.92 Å². The minimum atomic E-state index is -3.25. The standard InChI is InChI=1S/C7H14O5Si/c1-6(2)7(8)12-13(9-3,10-4)11-5/h1H2,2-5H3. The van der Waals surface area contributed by atoms with Gasteiger partial charge in [0.25, 0.3) is 0 Å². The highest BCUT2D eigenvalue weighted by molar-refractivity contribution is 6.55. The van der Waals surface area contributed by atoms with Crippen LogP contribution in [0.3, 0.4) is 0 Å². The van der Waals surface area contributed by atoms with Crippen molar-refractivity contribution in [1.82, 2.24) is 0 Å². The summed E-state index contributed by atoms with van der Waals surface area (Å²) in [5, 5.41) is 0. The van der Waals surface area contributed by atoms with Crippen LogP contribution < -0.4 is 0 Å². The summed E-state index contributed by atoms with van der Waals surface area (Å²) in [6.07, 6.45) is 0. The molecule has 5 nitrogen and oxygen atoms in total. The summed E-state index contributed by atoms with van der Waals surface area (Å²) in [6, 6.07) is 0. The highest BCUT2D eigenvalue weighted by Crippen LogP contribution is 2.10. The van der Waals surface area contributed by atoms with E-state index >= 15 is 0 Å². The Labute approximate surface area is 78.7 Å². The fraction of sp³-hybridized carbons (Fsp3) is 0.571. The molecule has 0 radical (unpaired) electrons. The molecule has 0 saturated carbocycles. The number of hydrogen-bond donors (Lipinski definition) is 0. The summed E-state index contributed by atoms with van der Waals surface area (Å²) < 4.78 is 19.5. The Bertz CT molecular complexity index is 191. The molecule has 0 aromatic carbocycles. The Morgan fingerprint density at radius 2 is 1.54 bits per heavy atom. The van der Waals surface area contributed by atoms with E-state index in [0.29, 0.717) is 0 Å². The van der Waals surface area contributed by atoms with Crippen LogP contribution in [-0.4, -0.2) is 36.3 Å². The molecule has 0 aliphatic rings. The van der Waals surface area contributed by atoms with Crippen LogP contribution in [0.5, 0.6) is 0 Å². The van der Waals surface area contributed by atoms with Crippen LogP contribution in [-0.2, 0) is 22.5 Å². The molecule has 0 spiro atoms. The maximum atomic E-state index is 11.1. The molecule has 0 aromatic heterocycles. The second-order valence-electron chi connectivity index (χ2n) is 2.28. The lowest BCUT2D eigenvalue weighted by Gasteiger charge is -2.21. The predicted octanol–water partition coefficient (Wildman–Crippen LogP) is 0.480. The zero-order chi connectivity index (χ0) is 10.5. The van der Waals surface area contributed by atoms with Crippen LogP contribution >= 0.6 is 0 Å². The van der Waals surface area contributed by atoms with Crippen molar-refractivity contribution in [2.45, 2.75) is 6.92 Å². The van der Waals surface area contributed by atoms with Gasteiger partial charge in [0.1, 0.15) is 0 Å². The van der Waals surface area contributed by atoms with Gasteiger partial charge < -0.3 is 17.7 Å². The summed E-state index contributed by atoms with van der Waals surface area (Å²) in [6.45, 7) is 4.95. The highest BCUT2D eigenvalue weighted by atomic mass is 28.4. The van der Waals surface area contributed by atoms with Crippen molar-refractivity contribution in [3.05, 3.63) is 12.2 Å². The van der Waals surface area contributed by atoms with E-state index in [1.165, 1.54) is 28.3 Å². The van der Waals surface area contributed by atoms with E-state index in [1.54, 1.807) is 0 Å². The highest BCUT2D eigenvalue weighted by Gasteiger charge is 2.46. The Balaban J connectivity index is 4.42. The van der Waals surface area contributed by atoms with Crippen molar-refractivity contribution in [3.8, 4) is 0 Å². The zero-order valence-corrected chi connectivity index (χ0v) is 9.25. The molecular weight excluding hydrogens is 192 g/mol. The number of hydrogen-bond acceptors (Lipinski definition) is 5. The summed E-state index contributed by atoms with van der Waals surface area (Å²) in [5.41, 5.74) is 0.267. The monoisotopic (exact) mass is 206 g/mol. The molecule has 0 atom stereocenters. The van der Waals surface area contributed by atoms with Crippen LogP contribution in [0.2, 0.25) is 0 Å². The fourth-order valence-electron chi connectivity index (χ4n) is 0.576. The molecule has 0 rings (SSSR count). The van der Waals surface area contributed by atoms with Gasteiger partial charge in [0, 0.05) is 26.9 Å². The molecule has 0 saturated heterocycles. The first kappa shape index (κ1) is 12.3. The van der Waals surface area contributed by atoms with Gasteiger partial charge in [-0.3, -0.25) is 0 Å². The molecule has 0 aliphatic heterocycles. The summed E-state index contributed by atoms with van der Waals surface area (Å²) in [4.78, 5) is 11.1. The quantitative estimate of drug-likeness (QED) is 0.484.